The van der Waals surface area contributed by atoms with Crippen molar-refractivity contribution < 1.29 is 4.79 Å². The molecule has 0 radical (unpaired) electrons. The minimum atomic E-state index is -0.244. The largest absolute Gasteiger partial charge is 0.317 e. The molecule has 3 heterocycles. The molecule has 3 rings (SSSR count). The molecule has 23 heavy (non-hydrogen) atoms. The van der Waals surface area contributed by atoms with E-state index < -0.39 is 0 Å². The number of aromatic nitrogens is 4. The zero-order valence-electron chi connectivity index (χ0n) is 13.4. The van der Waals surface area contributed by atoms with E-state index in [2.05, 4.69) is 25.9 Å². The van der Waals surface area contributed by atoms with Gasteiger partial charge in [-0.1, -0.05) is 5.21 Å². The Labute approximate surface area is 145 Å². The van der Waals surface area contributed by atoms with Gasteiger partial charge in [0.05, 0.1) is 17.4 Å². The molecule has 2 aromatic heterocycles. The maximum absolute atomic E-state index is 12.4. The number of piperidine rings is 1. The fourth-order valence-electron chi connectivity index (χ4n) is 2.63. The van der Waals surface area contributed by atoms with Crippen molar-refractivity contribution in [3.63, 3.8) is 0 Å². The number of anilines is 1. The van der Waals surface area contributed by atoms with Crippen LogP contribution in [0, 0.1) is 20.8 Å². The first-order chi connectivity index (χ1) is 10.6. The van der Waals surface area contributed by atoms with Gasteiger partial charge in [-0.3, -0.25) is 10.1 Å². The Morgan fingerprint density at radius 3 is 2.61 bits per heavy atom. The van der Waals surface area contributed by atoms with Crippen LogP contribution in [-0.4, -0.2) is 39.0 Å². The summed E-state index contributed by atoms with van der Waals surface area (Å²) < 4.78 is 1.88. The molecular weight excluding hydrogens is 336 g/mol. The summed E-state index contributed by atoms with van der Waals surface area (Å²) >= 11 is 1.47. The molecule has 0 unspecified atom stereocenters. The Hall–Kier alpha value is -1.51. The van der Waals surface area contributed by atoms with Gasteiger partial charge in [0.1, 0.15) is 0 Å². The lowest BCUT2D eigenvalue weighted by molar-refractivity contribution is 0.102. The van der Waals surface area contributed by atoms with Crippen LogP contribution < -0.4 is 10.6 Å². The number of rotatable bonds is 3. The summed E-state index contributed by atoms with van der Waals surface area (Å²) in [5.74, 6) is -0.244. The van der Waals surface area contributed by atoms with Crippen molar-refractivity contribution in [2.45, 2.75) is 39.7 Å². The molecule has 2 N–H and O–H groups in total. The van der Waals surface area contributed by atoms with Crippen LogP contribution in [-0.2, 0) is 0 Å². The lowest BCUT2D eigenvalue weighted by atomic mass is 10.1. The summed E-state index contributed by atoms with van der Waals surface area (Å²) in [6.45, 7) is 7.77. The van der Waals surface area contributed by atoms with E-state index in [9.17, 15) is 4.79 Å². The van der Waals surface area contributed by atoms with Crippen LogP contribution in [0.15, 0.2) is 0 Å². The number of carbonyl (C=O) groups excluding carboxylic acids is 1. The van der Waals surface area contributed by atoms with Crippen molar-refractivity contribution in [3.05, 3.63) is 22.0 Å². The standard InChI is InChI=1S/C14H20N6OS.ClH/c1-8-10(3)22-14(16-8)17-13(21)12-9(2)20(19-18-12)11-4-6-15-7-5-11;/h11,15H,4-7H2,1-3H3,(H,16,17,21);1H. The van der Waals surface area contributed by atoms with E-state index in [0.717, 1.165) is 42.2 Å². The van der Waals surface area contributed by atoms with Crippen molar-refractivity contribution in [2.24, 2.45) is 0 Å². The lowest BCUT2D eigenvalue weighted by Gasteiger charge is -2.23. The van der Waals surface area contributed by atoms with Crippen LogP contribution in [0.1, 0.15) is 45.6 Å². The number of nitrogens with zero attached hydrogens (tertiary/aromatic N) is 4. The molecule has 0 bridgehead atoms. The Balaban J connectivity index is 0.00000192. The van der Waals surface area contributed by atoms with Gasteiger partial charge < -0.3 is 5.32 Å². The molecule has 0 aliphatic carbocycles. The van der Waals surface area contributed by atoms with Crippen molar-refractivity contribution in [2.75, 3.05) is 18.4 Å². The molecule has 1 fully saturated rings. The van der Waals surface area contributed by atoms with Gasteiger partial charge in [0.15, 0.2) is 10.8 Å². The highest BCUT2D eigenvalue weighted by atomic mass is 35.5. The minimum absolute atomic E-state index is 0. The number of hydrogen-bond donors (Lipinski definition) is 2. The molecule has 1 aliphatic rings. The first-order valence-electron chi connectivity index (χ1n) is 7.44. The van der Waals surface area contributed by atoms with E-state index in [4.69, 9.17) is 0 Å². The van der Waals surface area contributed by atoms with Crippen LogP contribution in [0.2, 0.25) is 0 Å². The van der Waals surface area contributed by atoms with Gasteiger partial charge in [0.25, 0.3) is 5.91 Å². The van der Waals surface area contributed by atoms with Crippen molar-refractivity contribution in [1.29, 1.82) is 0 Å². The highest BCUT2D eigenvalue weighted by molar-refractivity contribution is 7.15. The number of aryl methyl sites for hydroxylation is 2. The van der Waals surface area contributed by atoms with Crippen molar-refractivity contribution in [1.82, 2.24) is 25.3 Å². The van der Waals surface area contributed by atoms with Gasteiger partial charge in [0, 0.05) is 4.88 Å². The smallest absolute Gasteiger partial charge is 0.279 e. The fourth-order valence-corrected chi connectivity index (χ4v) is 3.44. The van der Waals surface area contributed by atoms with Gasteiger partial charge in [-0.15, -0.1) is 28.8 Å². The van der Waals surface area contributed by atoms with Crippen LogP contribution in [0.3, 0.4) is 0 Å². The SMILES string of the molecule is Cc1nc(NC(=O)c2nnn(C3CCNCC3)c2C)sc1C.Cl. The summed E-state index contributed by atoms with van der Waals surface area (Å²) in [6, 6.07) is 0.319. The molecule has 7 nitrogen and oxygen atoms in total. The predicted octanol–water partition coefficient (Wildman–Crippen LogP) is 2.26. The first-order valence-corrected chi connectivity index (χ1v) is 8.26. The van der Waals surface area contributed by atoms with E-state index in [1.165, 1.54) is 11.3 Å². The summed E-state index contributed by atoms with van der Waals surface area (Å²) in [7, 11) is 0. The highest BCUT2D eigenvalue weighted by Gasteiger charge is 2.23. The lowest BCUT2D eigenvalue weighted by Crippen LogP contribution is -2.30. The Kier molecular flexibility index (Phi) is 5.72. The van der Waals surface area contributed by atoms with Gasteiger partial charge in [-0.25, -0.2) is 9.67 Å². The third-order valence-corrected chi connectivity index (χ3v) is 5.03. The maximum Gasteiger partial charge on any atom is 0.279 e. The van der Waals surface area contributed by atoms with E-state index in [1.807, 2.05) is 25.5 Å². The second kappa shape index (κ2) is 7.37. The number of carbonyl (C=O) groups is 1. The molecule has 1 saturated heterocycles. The summed E-state index contributed by atoms with van der Waals surface area (Å²) in [5, 5.41) is 15.0. The third kappa shape index (κ3) is 3.70. The quantitative estimate of drug-likeness (QED) is 0.881. The first kappa shape index (κ1) is 17.8. The molecule has 0 saturated carbocycles. The van der Waals surface area contributed by atoms with E-state index in [1.54, 1.807) is 0 Å². The second-order valence-corrected chi connectivity index (χ2v) is 6.77. The molecule has 1 aliphatic heterocycles. The Bertz CT molecular complexity index is 672. The zero-order chi connectivity index (χ0) is 15.7. The second-order valence-electron chi connectivity index (χ2n) is 5.56. The third-order valence-electron chi connectivity index (χ3n) is 4.05. The van der Waals surface area contributed by atoms with Crippen molar-refractivity contribution >= 4 is 34.8 Å². The zero-order valence-corrected chi connectivity index (χ0v) is 15.1. The van der Waals surface area contributed by atoms with Crippen molar-refractivity contribution in [3.8, 4) is 0 Å². The van der Waals surface area contributed by atoms with Crippen LogP contribution >= 0.6 is 23.7 Å². The molecule has 0 aromatic carbocycles. The number of nitrogens with one attached hydrogen (secondary N) is 2. The Morgan fingerprint density at radius 1 is 1.30 bits per heavy atom. The van der Waals surface area contributed by atoms with E-state index in [-0.39, 0.29) is 18.3 Å². The number of amides is 1. The molecule has 1 amide bonds. The van der Waals surface area contributed by atoms with Crippen LogP contribution in [0.5, 0.6) is 0 Å². The fraction of sp³-hybridized carbons (Fsp3) is 0.571. The average Bonchev–Trinajstić information content (AvgIpc) is 3.03. The van der Waals surface area contributed by atoms with Gasteiger partial charge in [-0.2, -0.15) is 0 Å². The highest BCUT2D eigenvalue weighted by Crippen LogP contribution is 2.23. The van der Waals surface area contributed by atoms with Crippen LogP contribution in [0.25, 0.3) is 0 Å². The summed E-state index contributed by atoms with van der Waals surface area (Å²) in [5.41, 5.74) is 2.13. The molecule has 0 spiro atoms. The van der Waals surface area contributed by atoms with Crippen LogP contribution in [0.4, 0.5) is 5.13 Å². The number of hydrogen-bond acceptors (Lipinski definition) is 6. The topological polar surface area (TPSA) is 84.7 Å². The normalized spacial score (nSPS) is 15.3. The van der Waals surface area contributed by atoms with E-state index in [0.29, 0.717) is 16.9 Å². The van der Waals surface area contributed by atoms with Gasteiger partial charge >= 0.3 is 0 Å². The number of thiazole rings is 1. The number of halogens is 1. The molecule has 2 aromatic rings. The van der Waals surface area contributed by atoms with E-state index >= 15 is 0 Å². The summed E-state index contributed by atoms with van der Waals surface area (Å²) in [4.78, 5) is 17.8. The minimum Gasteiger partial charge on any atom is -0.317 e. The van der Waals surface area contributed by atoms with Gasteiger partial charge in [-0.05, 0) is 46.7 Å². The monoisotopic (exact) mass is 356 g/mol. The average molecular weight is 357 g/mol. The maximum atomic E-state index is 12.4. The summed E-state index contributed by atoms with van der Waals surface area (Å²) in [6.07, 6.45) is 2.02. The Morgan fingerprint density at radius 2 is 2.00 bits per heavy atom. The molecule has 9 heteroatoms. The molecular formula is C14H21ClN6OS. The predicted molar refractivity (Wildman–Crippen MR) is 92.7 cm³/mol. The molecule has 126 valence electrons. The molecule has 0 atom stereocenters. The van der Waals surface area contributed by atoms with Gasteiger partial charge in [0.2, 0.25) is 0 Å².